The summed E-state index contributed by atoms with van der Waals surface area (Å²) in [5, 5.41) is 0. The van der Waals surface area contributed by atoms with E-state index in [9.17, 15) is 9.59 Å². The van der Waals surface area contributed by atoms with E-state index >= 15 is 0 Å². The van der Waals surface area contributed by atoms with Crippen LogP contribution in [0.4, 0.5) is 0 Å². The molecule has 0 unspecified atom stereocenters. The van der Waals surface area contributed by atoms with Gasteiger partial charge in [-0.15, -0.1) is 0 Å². The molecule has 0 aromatic heterocycles. The van der Waals surface area contributed by atoms with E-state index in [1.165, 1.54) is 24.8 Å². The highest BCUT2D eigenvalue weighted by Crippen LogP contribution is 2.78. The minimum Gasteiger partial charge on any atom is -0.451 e. The fourth-order valence-electron chi connectivity index (χ4n) is 8.73. The highest BCUT2D eigenvalue weighted by atomic mass is 16.6. The SMILES string of the molecule is CC[C@@H]1CC2=CC(=O)CC[C@@H]2[C@H]2CC[C@@]3(C)[C@@H]([C@@H]4C[C@@H]4[C@@]34C=CC(=O)O4)[C@H]12. The van der Waals surface area contributed by atoms with Crippen LogP contribution in [0.5, 0.6) is 0 Å². The van der Waals surface area contributed by atoms with Crippen molar-refractivity contribution in [1.82, 2.24) is 0 Å². The van der Waals surface area contributed by atoms with Crippen molar-refractivity contribution in [2.24, 2.45) is 46.8 Å². The molecular formula is C24H30O3. The number of rotatable bonds is 1. The Bertz CT molecular complexity index is 793. The Labute approximate surface area is 161 Å². The van der Waals surface area contributed by atoms with Gasteiger partial charge in [0.05, 0.1) is 0 Å². The lowest BCUT2D eigenvalue weighted by Gasteiger charge is -2.59. The maximum Gasteiger partial charge on any atom is 0.331 e. The van der Waals surface area contributed by atoms with Gasteiger partial charge in [0, 0.05) is 23.8 Å². The van der Waals surface area contributed by atoms with Gasteiger partial charge in [-0.1, -0.05) is 25.8 Å². The first-order valence-electron chi connectivity index (χ1n) is 11.1. The second-order valence-electron chi connectivity index (χ2n) is 10.5. The molecule has 4 saturated carbocycles. The average molecular weight is 367 g/mol. The molecule has 6 rings (SSSR count). The number of carbonyl (C=O) groups excluding carboxylic acids is 2. The van der Waals surface area contributed by atoms with Crippen molar-refractivity contribution in [1.29, 1.82) is 0 Å². The van der Waals surface area contributed by atoms with Gasteiger partial charge >= 0.3 is 5.97 Å². The molecule has 3 heteroatoms. The van der Waals surface area contributed by atoms with E-state index in [1.54, 1.807) is 6.08 Å². The Hall–Kier alpha value is -1.38. The van der Waals surface area contributed by atoms with Crippen LogP contribution in [-0.2, 0) is 14.3 Å². The highest BCUT2D eigenvalue weighted by Gasteiger charge is 2.78. The minimum absolute atomic E-state index is 0.101. The molecule has 5 aliphatic carbocycles. The lowest BCUT2D eigenvalue weighted by Crippen LogP contribution is -2.56. The zero-order valence-corrected chi connectivity index (χ0v) is 16.4. The summed E-state index contributed by atoms with van der Waals surface area (Å²) in [6.45, 7) is 4.77. The number of ketones is 1. The monoisotopic (exact) mass is 366 g/mol. The molecule has 0 amide bonds. The first-order chi connectivity index (χ1) is 13.0. The molecule has 27 heavy (non-hydrogen) atoms. The van der Waals surface area contributed by atoms with E-state index in [0.29, 0.717) is 29.5 Å². The van der Waals surface area contributed by atoms with Crippen molar-refractivity contribution in [2.45, 2.75) is 64.4 Å². The molecule has 1 aliphatic heterocycles. The van der Waals surface area contributed by atoms with Crippen LogP contribution in [0.3, 0.4) is 0 Å². The third-order valence-corrected chi connectivity index (χ3v) is 9.73. The number of esters is 1. The fraction of sp³-hybridized carbons (Fsp3) is 0.750. The molecule has 1 heterocycles. The standard InChI is InChI=1S/C24H30O3/c1-3-13-10-14-11-15(25)4-5-16(14)17-6-8-23(2)22(21(13)17)18-12-19(18)24(23)9-7-20(26)27-24/h7,9,11,13,16-19,21-22H,3-6,8,10,12H2,1-2H3/t13-,16+,17-,18-,19+,21-,22+,23+,24+/m1/s1. The van der Waals surface area contributed by atoms with E-state index in [2.05, 4.69) is 19.9 Å². The number of fused-ring (bicyclic) bond motifs is 9. The van der Waals surface area contributed by atoms with Crippen molar-refractivity contribution >= 4 is 11.8 Å². The number of allylic oxidation sites excluding steroid dienone is 1. The molecule has 0 aromatic carbocycles. The van der Waals surface area contributed by atoms with Gasteiger partial charge in [0.1, 0.15) is 5.60 Å². The summed E-state index contributed by atoms with van der Waals surface area (Å²) >= 11 is 0. The molecule has 0 radical (unpaired) electrons. The highest BCUT2D eigenvalue weighted by molar-refractivity contribution is 5.91. The molecule has 3 nitrogen and oxygen atoms in total. The zero-order valence-electron chi connectivity index (χ0n) is 16.4. The third kappa shape index (κ3) is 1.89. The number of hydrogen-bond acceptors (Lipinski definition) is 3. The molecule has 0 bridgehead atoms. The number of carbonyl (C=O) groups is 2. The molecule has 4 fully saturated rings. The maximum absolute atomic E-state index is 12.1. The lowest BCUT2D eigenvalue weighted by molar-refractivity contribution is -0.170. The smallest absolute Gasteiger partial charge is 0.331 e. The van der Waals surface area contributed by atoms with Crippen LogP contribution >= 0.6 is 0 Å². The molecule has 0 saturated heterocycles. The first-order valence-corrected chi connectivity index (χ1v) is 11.1. The molecule has 0 N–H and O–H groups in total. The number of ether oxygens (including phenoxy) is 1. The third-order valence-electron chi connectivity index (χ3n) is 9.73. The maximum atomic E-state index is 12.1. The van der Waals surface area contributed by atoms with Crippen molar-refractivity contribution < 1.29 is 14.3 Å². The zero-order chi connectivity index (χ0) is 18.6. The van der Waals surface area contributed by atoms with Crippen LogP contribution in [0.2, 0.25) is 0 Å². The summed E-state index contributed by atoms with van der Waals surface area (Å²) in [5.41, 5.74) is 1.25. The Balaban J connectivity index is 1.42. The normalized spacial score (nSPS) is 54.7. The van der Waals surface area contributed by atoms with E-state index in [4.69, 9.17) is 4.74 Å². The Morgan fingerprint density at radius 2 is 2.07 bits per heavy atom. The van der Waals surface area contributed by atoms with Crippen LogP contribution in [0, 0.1) is 46.8 Å². The van der Waals surface area contributed by atoms with Crippen molar-refractivity contribution in [3.63, 3.8) is 0 Å². The quantitative estimate of drug-likeness (QED) is 0.643. The minimum atomic E-state index is -0.318. The topological polar surface area (TPSA) is 43.4 Å². The van der Waals surface area contributed by atoms with Crippen molar-refractivity contribution in [3.05, 3.63) is 23.8 Å². The van der Waals surface area contributed by atoms with Crippen molar-refractivity contribution in [2.75, 3.05) is 0 Å². The van der Waals surface area contributed by atoms with Gasteiger partial charge in [0.2, 0.25) is 0 Å². The van der Waals surface area contributed by atoms with Gasteiger partial charge in [-0.2, -0.15) is 0 Å². The largest absolute Gasteiger partial charge is 0.451 e. The van der Waals surface area contributed by atoms with Crippen LogP contribution in [0.1, 0.15) is 58.8 Å². The summed E-state index contributed by atoms with van der Waals surface area (Å²) < 4.78 is 6.10. The summed E-state index contributed by atoms with van der Waals surface area (Å²) in [7, 11) is 0. The van der Waals surface area contributed by atoms with Crippen LogP contribution < -0.4 is 0 Å². The molecule has 0 aromatic rings. The lowest BCUT2D eigenvalue weighted by atomic mass is 9.46. The van der Waals surface area contributed by atoms with E-state index in [-0.39, 0.29) is 17.0 Å². The predicted molar refractivity (Wildman–Crippen MR) is 102 cm³/mol. The Morgan fingerprint density at radius 3 is 2.81 bits per heavy atom. The summed E-state index contributed by atoms with van der Waals surface area (Å²) in [4.78, 5) is 24.1. The van der Waals surface area contributed by atoms with Crippen LogP contribution in [0.15, 0.2) is 23.8 Å². The fourth-order valence-corrected chi connectivity index (χ4v) is 8.73. The first kappa shape index (κ1) is 16.6. The number of hydrogen-bond donors (Lipinski definition) is 0. The van der Waals surface area contributed by atoms with Crippen LogP contribution in [-0.4, -0.2) is 17.4 Å². The second-order valence-corrected chi connectivity index (χ2v) is 10.5. The van der Waals surface area contributed by atoms with E-state index < -0.39 is 0 Å². The molecule has 6 aliphatic rings. The van der Waals surface area contributed by atoms with Crippen LogP contribution in [0.25, 0.3) is 0 Å². The second kappa shape index (κ2) is 5.15. The van der Waals surface area contributed by atoms with Gasteiger partial charge in [0.15, 0.2) is 5.78 Å². The Kier molecular flexibility index (Phi) is 3.16. The summed E-state index contributed by atoms with van der Waals surface area (Å²) in [6, 6.07) is 0. The summed E-state index contributed by atoms with van der Waals surface area (Å²) in [6.07, 6.45) is 13.6. The van der Waals surface area contributed by atoms with Gasteiger partial charge in [0.25, 0.3) is 0 Å². The molecule has 1 spiro atoms. The molecule has 9 atom stereocenters. The molecule has 144 valence electrons. The van der Waals surface area contributed by atoms with Gasteiger partial charge in [-0.25, -0.2) is 4.79 Å². The summed E-state index contributed by atoms with van der Waals surface area (Å²) in [5.74, 6) is 4.99. The average Bonchev–Trinajstić information content (AvgIpc) is 3.29. The van der Waals surface area contributed by atoms with E-state index in [1.807, 2.05) is 6.08 Å². The van der Waals surface area contributed by atoms with E-state index in [0.717, 1.165) is 43.4 Å². The van der Waals surface area contributed by atoms with Gasteiger partial charge < -0.3 is 4.74 Å². The van der Waals surface area contributed by atoms with Crippen molar-refractivity contribution in [3.8, 4) is 0 Å². The van der Waals surface area contributed by atoms with Gasteiger partial charge in [-0.3, -0.25) is 4.79 Å². The van der Waals surface area contributed by atoms with Gasteiger partial charge in [-0.05, 0) is 79.8 Å². The Morgan fingerprint density at radius 1 is 1.22 bits per heavy atom. The predicted octanol–water partition coefficient (Wildman–Crippen LogP) is 4.47. The molecular weight excluding hydrogens is 336 g/mol.